The van der Waals surface area contributed by atoms with Crippen molar-refractivity contribution in [1.29, 1.82) is 0 Å². The number of nitrogens with zero attached hydrogens (tertiary/aromatic N) is 3. The van der Waals surface area contributed by atoms with Gasteiger partial charge >= 0.3 is 5.95 Å². The van der Waals surface area contributed by atoms with Crippen LogP contribution in [0.3, 0.4) is 0 Å². The van der Waals surface area contributed by atoms with Gasteiger partial charge in [-0.25, -0.2) is 9.71 Å². The summed E-state index contributed by atoms with van der Waals surface area (Å²) in [6.45, 7) is 2.59. The zero-order valence-electron chi connectivity index (χ0n) is 24.7. The van der Waals surface area contributed by atoms with Gasteiger partial charge in [0.2, 0.25) is 0 Å². The average molecular weight is 614 g/mol. The van der Waals surface area contributed by atoms with Crippen LogP contribution < -0.4 is 16.0 Å². The second-order valence-electron chi connectivity index (χ2n) is 11.8. The number of amides is 1. The van der Waals surface area contributed by atoms with Gasteiger partial charge in [0.1, 0.15) is 17.3 Å². The molecule has 2 aromatic carbocycles. The number of carbonyl (C=O) groups excluding carboxylic acids is 1. The minimum absolute atomic E-state index is 0.0350. The third kappa shape index (κ3) is 5.23. The Morgan fingerprint density at radius 3 is 2.77 bits per heavy atom. The van der Waals surface area contributed by atoms with Crippen LogP contribution in [0.5, 0.6) is 0 Å². The lowest BCUT2D eigenvalue weighted by Crippen LogP contribution is -2.72. The molecular formula is C34H35ClFN6O2+. The van der Waals surface area contributed by atoms with E-state index >= 15 is 4.39 Å². The minimum Gasteiger partial charge on any atom is -0.493 e. The first-order valence-electron chi connectivity index (χ1n) is 15.3. The van der Waals surface area contributed by atoms with E-state index in [2.05, 4.69) is 15.6 Å². The Bertz CT molecular complexity index is 1720. The summed E-state index contributed by atoms with van der Waals surface area (Å²) in [5.74, 6) is 1.84. The van der Waals surface area contributed by atoms with E-state index in [-0.39, 0.29) is 24.3 Å². The first-order chi connectivity index (χ1) is 21.4. The number of allylic oxidation sites excluding steroid dienone is 3. The molecular weight excluding hydrogens is 579 g/mol. The molecule has 3 fully saturated rings. The average Bonchev–Trinajstić information content (AvgIpc) is 3.57. The molecule has 1 aliphatic heterocycles. The molecule has 4 atom stereocenters. The van der Waals surface area contributed by atoms with Crippen molar-refractivity contribution in [3.05, 3.63) is 93.6 Å². The Hall–Kier alpha value is -3.92. The van der Waals surface area contributed by atoms with Crippen molar-refractivity contribution in [3.8, 4) is 11.3 Å². The van der Waals surface area contributed by atoms with E-state index in [0.29, 0.717) is 76.5 Å². The number of fused-ring (bicyclic) bond motifs is 4. The van der Waals surface area contributed by atoms with Crippen LogP contribution in [0.25, 0.3) is 11.3 Å². The van der Waals surface area contributed by atoms with E-state index in [0.717, 1.165) is 28.9 Å². The van der Waals surface area contributed by atoms with Gasteiger partial charge in [-0.2, -0.15) is 9.97 Å². The maximum atomic E-state index is 15.4. The van der Waals surface area contributed by atoms with Gasteiger partial charge in [-0.05, 0) is 75.4 Å². The highest BCUT2D eigenvalue weighted by atomic mass is 35.5. The molecule has 0 spiro atoms. The van der Waals surface area contributed by atoms with Crippen LogP contribution in [0.1, 0.15) is 54.1 Å². The van der Waals surface area contributed by atoms with Gasteiger partial charge in [0.05, 0.1) is 30.1 Å². The molecule has 1 amide bonds. The van der Waals surface area contributed by atoms with Gasteiger partial charge in [-0.1, -0.05) is 17.7 Å². The molecule has 4 N–H and O–H groups in total. The van der Waals surface area contributed by atoms with Crippen LogP contribution in [0.4, 0.5) is 16.0 Å². The summed E-state index contributed by atoms with van der Waals surface area (Å²) in [6, 6.07) is 13.8. The molecule has 3 aromatic rings. The quantitative estimate of drug-likeness (QED) is 0.300. The fraction of sp³-hybridized carbons (Fsp3) is 0.353. The highest BCUT2D eigenvalue weighted by Crippen LogP contribution is 2.48. The third-order valence-corrected chi connectivity index (χ3v) is 9.52. The second kappa shape index (κ2) is 11.9. The number of hydrogen-bond donors (Lipinski definition) is 3. The Kier molecular flexibility index (Phi) is 7.78. The number of benzene rings is 2. The summed E-state index contributed by atoms with van der Waals surface area (Å²) in [4.78, 5) is 27.3. The summed E-state index contributed by atoms with van der Waals surface area (Å²) < 4.78 is 21.2. The fourth-order valence-corrected chi connectivity index (χ4v) is 7.24. The van der Waals surface area contributed by atoms with E-state index in [1.54, 1.807) is 12.3 Å². The Labute approximate surface area is 260 Å². The SMILES string of the molecule is CCOC1=CCCC(F)=C1C1=NCc2cnc([NH2+]c3ccc(C(=O)NC4C5CC(NC)C4C5)cc3)nc2-c2ccc(Cl)cc21. The zero-order valence-corrected chi connectivity index (χ0v) is 25.5. The number of quaternary nitrogens is 1. The monoisotopic (exact) mass is 613 g/mol. The number of aliphatic imine (C=N–C) groups is 1. The lowest BCUT2D eigenvalue weighted by atomic mass is 9.77. The second-order valence-corrected chi connectivity index (χ2v) is 12.3. The molecule has 10 heteroatoms. The van der Waals surface area contributed by atoms with E-state index in [9.17, 15) is 4.79 Å². The summed E-state index contributed by atoms with van der Waals surface area (Å²) >= 11 is 6.46. The molecule has 1 aromatic heterocycles. The number of nitrogens with one attached hydrogen (secondary N) is 2. The molecule has 8 rings (SSSR count). The van der Waals surface area contributed by atoms with Crippen molar-refractivity contribution < 1.29 is 19.2 Å². The summed E-state index contributed by atoms with van der Waals surface area (Å²) in [7, 11) is 2.00. The number of hydrogen-bond acceptors (Lipinski definition) is 6. The normalized spacial score (nSPS) is 23.5. The molecule has 44 heavy (non-hydrogen) atoms. The number of carbonyl (C=O) groups is 1. The smallest absolute Gasteiger partial charge is 0.331 e. The topological polar surface area (TPSA) is 105 Å². The first kappa shape index (κ1) is 28.8. The molecule has 3 saturated carbocycles. The standard InChI is InChI=1S/C34H34ClFN6O2/c1-3-44-28-6-4-5-26(36)29(28)32-24-15-21(35)9-12-23(24)31-20(16-38-32)17-39-34(42-31)40-22-10-7-18(8-11-22)33(43)41-30-19-13-25(30)27(14-19)37-2/h6-12,15,17,19,25,27,30,37H,3-5,13-14,16H2,1-2H3,(H,41,43)(H,39,40,42)/p+1. The van der Waals surface area contributed by atoms with Gasteiger partial charge in [0.25, 0.3) is 5.91 Å². The van der Waals surface area contributed by atoms with Gasteiger partial charge in [-0.3, -0.25) is 9.79 Å². The molecule has 5 aliphatic rings. The summed E-state index contributed by atoms with van der Waals surface area (Å²) in [5, 5.41) is 9.04. The Morgan fingerprint density at radius 1 is 1.16 bits per heavy atom. The highest BCUT2D eigenvalue weighted by Gasteiger charge is 2.53. The van der Waals surface area contributed by atoms with Crippen LogP contribution in [-0.4, -0.2) is 47.3 Å². The number of ether oxygens (including phenoxy) is 1. The molecule has 2 heterocycles. The number of nitrogens with two attached hydrogens (primary N) is 1. The Morgan fingerprint density at radius 2 is 2.00 bits per heavy atom. The summed E-state index contributed by atoms with van der Waals surface area (Å²) in [5.41, 5.74) is 5.46. The molecule has 0 saturated heterocycles. The van der Waals surface area contributed by atoms with E-state index in [1.807, 2.05) is 61.8 Å². The molecule has 4 unspecified atom stereocenters. The van der Waals surface area contributed by atoms with Gasteiger partial charge in [0, 0.05) is 64.1 Å². The minimum atomic E-state index is -0.244. The molecule has 226 valence electrons. The van der Waals surface area contributed by atoms with Crippen molar-refractivity contribution in [1.82, 2.24) is 20.6 Å². The van der Waals surface area contributed by atoms with E-state index < -0.39 is 0 Å². The van der Waals surface area contributed by atoms with Crippen molar-refractivity contribution in [2.24, 2.45) is 16.8 Å². The lowest BCUT2D eigenvalue weighted by Gasteiger charge is -2.37. The predicted octanol–water partition coefficient (Wildman–Crippen LogP) is 5.29. The lowest BCUT2D eigenvalue weighted by molar-refractivity contribution is -0.487. The van der Waals surface area contributed by atoms with Gasteiger partial charge in [0.15, 0.2) is 0 Å². The van der Waals surface area contributed by atoms with Crippen LogP contribution in [0.2, 0.25) is 5.02 Å². The van der Waals surface area contributed by atoms with Gasteiger partial charge in [-0.15, -0.1) is 0 Å². The number of rotatable bonds is 8. The van der Waals surface area contributed by atoms with E-state index in [4.69, 9.17) is 26.3 Å². The maximum absolute atomic E-state index is 15.4. The maximum Gasteiger partial charge on any atom is 0.331 e. The zero-order chi connectivity index (χ0) is 30.4. The van der Waals surface area contributed by atoms with Crippen molar-refractivity contribution in [3.63, 3.8) is 0 Å². The Balaban J connectivity index is 1.13. The molecule has 8 nitrogen and oxygen atoms in total. The predicted molar refractivity (Wildman–Crippen MR) is 168 cm³/mol. The third-order valence-electron chi connectivity index (χ3n) is 9.29. The summed E-state index contributed by atoms with van der Waals surface area (Å²) in [6.07, 6.45) is 6.89. The fourth-order valence-electron chi connectivity index (χ4n) is 7.07. The molecule has 2 bridgehead atoms. The van der Waals surface area contributed by atoms with Crippen molar-refractivity contribution in [2.75, 3.05) is 13.7 Å². The van der Waals surface area contributed by atoms with Crippen LogP contribution in [-0.2, 0) is 11.3 Å². The molecule has 4 aliphatic carbocycles. The van der Waals surface area contributed by atoms with Crippen LogP contribution in [0, 0.1) is 11.8 Å². The molecule has 0 radical (unpaired) electrons. The van der Waals surface area contributed by atoms with Crippen molar-refractivity contribution >= 4 is 34.9 Å². The van der Waals surface area contributed by atoms with Crippen molar-refractivity contribution in [2.45, 2.75) is 51.2 Å². The van der Waals surface area contributed by atoms with E-state index in [1.165, 1.54) is 6.42 Å². The number of halogens is 2. The van der Waals surface area contributed by atoms with Crippen LogP contribution >= 0.6 is 11.6 Å². The van der Waals surface area contributed by atoms with Gasteiger partial charge < -0.3 is 15.4 Å². The number of aromatic nitrogens is 2. The first-order valence-corrected chi connectivity index (χ1v) is 15.7. The van der Waals surface area contributed by atoms with Crippen LogP contribution in [0.15, 0.2) is 76.9 Å². The highest BCUT2D eigenvalue weighted by molar-refractivity contribution is 6.31. The largest absolute Gasteiger partial charge is 0.493 e.